The third kappa shape index (κ3) is 3.53. The molecule has 0 atom stereocenters. The molecule has 4 heterocycles. The topological polar surface area (TPSA) is 65.5 Å². The Morgan fingerprint density at radius 2 is 1.77 bits per heavy atom. The molecule has 2 aromatic heterocycles. The molecule has 1 saturated carbocycles. The summed E-state index contributed by atoms with van der Waals surface area (Å²) in [4.78, 5) is 32.9. The summed E-state index contributed by atoms with van der Waals surface area (Å²) < 4.78 is 13.2. The lowest BCUT2D eigenvalue weighted by Gasteiger charge is -2.53. The Bertz CT molecular complexity index is 906. The number of anilines is 2. The Balaban J connectivity index is 1.39. The van der Waals surface area contributed by atoms with E-state index in [1.54, 1.807) is 6.20 Å². The lowest BCUT2D eigenvalue weighted by atomic mass is 9.82. The molecule has 7 nitrogen and oxygen atoms in total. The van der Waals surface area contributed by atoms with Crippen molar-refractivity contribution in [1.29, 1.82) is 0 Å². The minimum Gasteiger partial charge on any atom is -0.341 e. The number of amides is 1. The Hall–Kier alpha value is -2.61. The number of aryl methyl sites for hydroxylation is 1. The fourth-order valence-corrected chi connectivity index (χ4v) is 4.74. The van der Waals surface area contributed by atoms with Gasteiger partial charge in [0.05, 0.1) is 24.3 Å². The van der Waals surface area contributed by atoms with E-state index in [0.717, 1.165) is 43.2 Å². The Kier molecular flexibility index (Phi) is 4.89. The average Bonchev–Trinajstić information content (AvgIpc) is 3.58. The number of piperidine rings is 1. The van der Waals surface area contributed by atoms with Crippen molar-refractivity contribution in [1.82, 2.24) is 19.9 Å². The number of aromatic nitrogens is 3. The molecule has 3 aliphatic rings. The van der Waals surface area contributed by atoms with Gasteiger partial charge in [-0.25, -0.2) is 14.4 Å². The van der Waals surface area contributed by atoms with Gasteiger partial charge in [-0.1, -0.05) is 0 Å². The predicted octanol–water partition coefficient (Wildman–Crippen LogP) is 2.42. The van der Waals surface area contributed by atoms with Gasteiger partial charge in [0.25, 0.3) is 0 Å². The summed E-state index contributed by atoms with van der Waals surface area (Å²) in [6.07, 6.45) is 8.17. The normalized spacial score (nSPS) is 22.0. The van der Waals surface area contributed by atoms with Gasteiger partial charge in [-0.2, -0.15) is 0 Å². The Morgan fingerprint density at radius 3 is 2.40 bits per heavy atom. The average molecular weight is 410 g/mol. The van der Waals surface area contributed by atoms with Crippen molar-refractivity contribution in [3.63, 3.8) is 0 Å². The summed E-state index contributed by atoms with van der Waals surface area (Å²) >= 11 is 0. The smallest absolute Gasteiger partial charge is 0.247 e. The number of nitrogens with zero attached hydrogens (tertiary/aromatic N) is 6. The number of pyridine rings is 1. The second kappa shape index (κ2) is 7.58. The summed E-state index contributed by atoms with van der Waals surface area (Å²) in [5.41, 5.74) is 1.32. The van der Waals surface area contributed by atoms with E-state index in [-0.39, 0.29) is 5.91 Å². The number of halogens is 1. The molecule has 1 aliphatic carbocycles. The molecule has 0 N–H and O–H groups in total. The van der Waals surface area contributed by atoms with Gasteiger partial charge in [0.1, 0.15) is 5.54 Å². The molecule has 1 spiro atoms. The van der Waals surface area contributed by atoms with Crippen LogP contribution in [-0.4, -0.2) is 64.0 Å². The van der Waals surface area contributed by atoms with Crippen LogP contribution in [0.3, 0.4) is 0 Å². The molecule has 0 bridgehead atoms. The van der Waals surface area contributed by atoms with E-state index >= 15 is 0 Å². The molecule has 2 aliphatic heterocycles. The zero-order valence-corrected chi connectivity index (χ0v) is 17.3. The highest BCUT2D eigenvalue weighted by Crippen LogP contribution is 2.40. The second-order valence-corrected chi connectivity index (χ2v) is 8.72. The molecule has 3 fully saturated rings. The van der Waals surface area contributed by atoms with Crippen LogP contribution in [0.5, 0.6) is 0 Å². The van der Waals surface area contributed by atoms with E-state index < -0.39 is 11.4 Å². The van der Waals surface area contributed by atoms with Crippen molar-refractivity contribution in [3.05, 3.63) is 42.2 Å². The highest BCUT2D eigenvalue weighted by Gasteiger charge is 2.52. The van der Waals surface area contributed by atoms with Gasteiger partial charge in [0.15, 0.2) is 5.82 Å². The van der Waals surface area contributed by atoms with Gasteiger partial charge in [-0.15, -0.1) is 0 Å². The van der Waals surface area contributed by atoms with Crippen molar-refractivity contribution >= 4 is 17.5 Å². The summed E-state index contributed by atoms with van der Waals surface area (Å²) in [7, 11) is 0. The van der Waals surface area contributed by atoms with Gasteiger partial charge in [-0.05, 0) is 50.7 Å². The lowest BCUT2D eigenvalue weighted by Crippen LogP contribution is -2.69. The lowest BCUT2D eigenvalue weighted by molar-refractivity contribution is -0.136. The summed E-state index contributed by atoms with van der Waals surface area (Å²) in [6, 6.07) is 3.95. The van der Waals surface area contributed by atoms with E-state index in [4.69, 9.17) is 0 Å². The first-order valence-electron chi connectivity index (χ1n) is 10.8. The van der Waals surface area contributed by atoms with Crippen molar-refractivity contribution in [3.8, 4) is 0 Å². The van der Waals surface area contributed by atoms with Crippen molar-refractivity contribution < 1.29 is 9.18 Å². The summed E-state index contributed by atoms with van der Waals surface area (Å²) in [5, 5.41) is 0. The third-order valence-electron chi connectivity index (χ3n) is 6.71. The largest absolute Gasteiger partial charge is 0.341 e. The van der Waals surface area contributed by atoms with E-state index in [2.05, 4.69) is 24.8 Å². The van der Waals surface area contributed by atoms with Crippen LogP contribution < -0.4 is 9.80 Å². The van der Waals surface area contributed by atoms with Crippen LogP contribution >= 0.6 is 0 Å². The van der Waals surface area contributed by atoms with E-state index in [1.165, 1.54) is 25.2 Å². The van der Waals surface area contributed by atoms with Crippen molar-refractivity contribution in [2.45, 2.75) is 38.1 Å². The van der Waals surface area contributed by atoms with E-state index in [0.29, 0.717) is 25.6 Å². The zero-order chi connectivity index (χ0) is 20.7. The van der Waals surface area contributed by atoms with Gasteiger partial charge in [0, 0.05) is 38.4 Å². The van der Waals surface area contributed by atoms with Crippen LogP contribution in [0, 0.1) is 18.7 Å². The first-order valence-corrected chi connectivity index (χ1v) is 10.8. The fourth-order valence-electron chi connectivity index (χ4n) is 4.74. The maximum Gasteiger partial charge on any atom is 0.247 e. The molecule has 2 saturated heterocycles. The first kappa shape index (κ1) is 19.4. The first-order chi connectivity index (χ1) is 14.5. The second-order valence-electron chi connectivity index (χ2n) is 8.72. The molecule has 0 aromatic carbocycles. The van der Waals surface area contributed by atoms with Crippen molar-refractivity contribution in [2.24, 2.45) is 5.92 Å². The van der Waals surface area contributed by atoms with Gasteiger partial charge in [0.2, 0.25) is 11.9 Å². The van der Waals surface area contributed by atoms with Gasteiger partial charge >= 0.3 is 0 Å². The molecular formula is C22H27FN6O. The Morgan fingerprint density at radius 1 is 1.03 bits per heavy atom. The standard InChI is InChI=1S/C22H27FN6O/c1-16-2-5-19(14-24-16)29-11-10-28(15-17-3-4-17)22(20(29)30)6-8-27(9-7-22)21-25-12-18(23)13-26-21/h2,5,12-14,17H,3-4,6-11,15H2,1H3. The number of rotatable bonds is 4. The number of hydrogen-bond acceptors (Lipinski definition) is 6. The quantitative estimate of drug-likeness (QED) is 0.771. The number of piperazine rings is 1. The highest BCUT2D eigenvalue weighted by molar-refractivity contribution is 6.01. The minimum absolute atomic E-state index is 0.180. The summed E-state index contributed by atoms with van der Waals surface area (Å²) in [6.45, 7) is 5.88. The molecule has 0 unspecified atom stereocenters. The molecule has 5 rings (SSSR count). The van der Waals surface area contributed by atoms with Gasteiger partial charge < -0.3 is 9.80 Å². The van der Waals surface area contributed by atoms with Crippen LogP contribution in [0.1, 0.15) is 31.4 Å². The van der Waals surface area contributed by atoms with Crippen LogP contribution in [0.2, 0.25) is 0 Å². The number of carbonyl (C=O) groups is 1. The third-order valence-corrected chi connectivity index (χ3v) is 6.71. The number of hydrogen-bond donors (Lipinski definition) is 0. The van der Waals surface area contributed by atoms with Crippen LogP contribution in [0.15, 0.2) is 30.7 Å². The van der Waals surface area contributed by atoms with Gasteiger partial charge in [-0.3, -0.25) is 14.7 Å². The maximum atomic E-state index is 13.8. The Labute approximate surface area is 175 Å². The SMILES string of the molecule is Cc1ccc(N2CCN(CC3CC3)C3(CCN(c4ncc(F)cn4)CC3)C2=O)cn1. The van der Waals surface area contributed by atoms with Crippen molar-refractivity contribution in [2.75, 3.05) is 42.5 Å². The molecule has 0 radical (unpaired) electrons. The molecular weight excluding hydrogens is 383 g/mol. The summed E-state index contributed by atoms with van der Waals surface area (Å²) in [5.74, 6) is 0.996. The molecule has 1 amide bonds. The van der Waals surface area contributed by atoms with E-state index in [1.807, 2.05) is 24.0 Å². The highest BCUT2D eigenvalue weighted by atomic mass is 19.1. The molecule has 2 aromatic rings. The minimum atomic E-state index is -0.498. The fraction of sp³-hybridized carbons (Fsp3) is 0.545. The maximum absolute atomic E-state index is 13.8. The molecule has 30 heavy (non-hydrogen) atoms. The molecule has 8 heteroatoms. The monoisotopic (exact) mass is 410 g/mol. The van der Waals surface area contributed by atoms with E-state index in [9.17, 15) is 9.18 Å². The number of carbonyl (C=O) groups excluding carboxylic acids is 1. The molecule has 158 valence electrons. The predicted molar refractivity (Wildman–Crippen MR) is 112 cm³/mol. The van der Waals surface area contributed by atoms with Crippen LogP contribution in [0.4, 0.5) is 16.0 Å². The van der Waals surface area contributed by atoms with Crippen LogP contribution in [0.25, 0.3) is 0 Å². The van der Waals surface area contributed by atoms with Crippen LogP contribution in [-0.2, 0) is 4.79 Å². The zero-order valence-electron chi connectivity index (χ0n) is 17.3.